The maximum absolute atomic E-state index is 13.5. The Labute approximate surface area is 112 Å². The van der Waals surface area contributed by atoms with Crippen molar-refractivity contribution in [1.82, 2.24) is 5.32 Å². The Morgan fingerprint density at radius 3 is 2.72 bits per heavy atom. The van der Waals surface area contributed by atoms with E-state index in [2.05, 4.69) is 17.9 Å². The number of thiol groups is 1. The van der Waals surface area contributed by atoms with E-state index in [4.69, 9.17) is 4.74 Å². The van der Waals surface area contributed by atoms with Gasteiger partial charge in [0.25, 0.3) is 5.91 Å². The number of amides is 1. The monoisotopic (exact) mass is 271 g/mol. The van der Waals surface area contributed by atoms with E-state index in [1.807, 2.05) is 13.8 Å². The summed E-state index contributed by atoms with van der Waals surface area (Å²) in [5.41, 5.74) is 0.00394. The van der Waals surface area contributed by atoms with Crippen LogP contribution in [0.3, 0.4) is 0 Å². The Morgan fingerprint density at radius 2 is 2.17 bits per heavy atom. The molecule has 0 aliphatic carbocycles. The normalized spacial score (nSPS) is 12.6. The second-order valence-corrected chi connectivity index (χ2v) is 4.96. The Kier molecular flexibility index (Phi) is 5.62. The second kappa shape index (κ2) is 6.75. The largest absolute Gasteiger partial charge is 0.383 e. The van der Waals surface area contributed by atoms with Crippen molar-refractivity contribution in [2.75, 3.05) is 13.7 Å². The van der Waals surface area contributed by atoms with Crippen molar-refractivity contribution in [3.8, 4) is 0 Å². The molecule has 5 heteroatoms. The SMILES string of the molecule is COCC(NC(=O)c1cc(S)ccc1F)C(C)C. The molecule has 0 aliphatic heterocycles. The molecular weight excluding hydrogens is 253 g/mol. The maximum atomic E-state index is 13.5. The molecule has 1 rings (SSSR count). The van der Waals surface area contributed by atoms with E-state index in [9.17, 15) is 9.18 Å². The molecule has 3 nitrogen and oxygen atoms in total. The lowest BCUT2D eigenvalue weighted by Crippen LogP contribution is -2.41. The van der Waals surface area contributed by atoms with Gasteiger partial charge < -0.3 is 10.1 Å². The molecule has 0 fully saturated rings. The molecular formula is C13H18FNO2S. The van der Waals surface area contributed by atoms with Gasteiger partial charge in [-0.2, -0.15) is 0 Å². The van der Waals surface area contributed by atoms with Crippen LogP contribution in [0.5, 0.6) is 0 Å². The molecule has 1 aromatic carbocycles. The molecule has 1 atom stereocenters. The number of carbonyl (C=O) groups excluding carboxylic acids is 1. The summed E-state index contributed by atoms with van der Waals surface area (Å²) >= 11 is 4.10. The molecule has 0 spiro atoms. The zero-order valence-electron chi connectivity index (χ0n) is 10.7. The fraction of sp³-hybridized carbons (Fsp3) is 0.462. The van der Waals surface area contributed by atoms with Gasteiger partial charge in [-0.1, -0.05) is 13.8 Å². The minimum atomic E-state index is -0.551. The molecule has 18 heavy (non-hydrogen) atoms. The van der Waals surface area contributed by atoms with Crippen LogP contribution >= 0.6 is 12.6 Å². The van der Waals surface area contributed by atoms with Crippen LogP contribution in [0, 0.1) is 11.7 Å². The van der Waals surface area contributed by atoms with Gasteiger partial charge in [0.2, 0.25) is 0 Å². The molecule has 1 aromatic rings. The average Bonchev–Trinajstić information content (AvgIpc) is 2.31. The van der Waals surface area contributed by atoms with Crippen LogP contribution in [0.4, 0.5) is 4.39 Å². The molecule has 0 aromatic heterocycles. The van der Waals surface area contributed by atoms with Crippen molar-refractivity contribution < 1.29 is 13.9 Å². The van der Waals surface area contributed by atoms with Crippen LogP contribution < -0.4 is 5.32 Å². The number of carbonyl (C=O) groups is 1. The summed E-state index contributed by atoms with van der Waals surface area (Å²) in [7, 11) is 1.57. The third-order valence-corrected chi connectivity index (χ3v) is 2.94. The molecule has 0 aliphatic rings. The number of hydrogen-bond donors (Lipinski definition) is 2. The summed E-state index contributed by atoms with van der Waals surface area (Å²) in [4.78, 5) is 12.5. The first-order valence-corrected chi connectivity index (χ1v) is 6.18. The highest BCUT2D eigenvalue weighted by Gasteiger charge is 2.19. The van der Waals surface area contributed by atoms with Gasteiger partial charge in [0.05, 0.1) is 18.2 Å². The van der Waals surface area contributed by atoms with Crippen molar-refractivity contribution in [3.05, 3.63) is 29.6 Å². The average molecular weight is 271 g/mol. The standard InChI is InChI=1S/C13H18FNO2S/c1-8(2)12(7-17-3)15-13(16)10-6-9(18)4-5-11(10)14/h4-6,8,12,18H,7H2,1-3H3,(H,15,16). The van der Waals surface area contributed by atoms with E-state index >= 15 is 0 Å². The summed E-state index contributed by atoms with van der Waals surface area (Å²) in [5, 5.41) is 2.76. The summed E-state index contributed by atoms with van der Waals surface area (Å²) in [6.07, 6.45) is 0. The topological polar surface area (TPSA) is 38.3 Å². The Bertz CT molecular complexity index is 423. The predicted octanol–water partition coefficient (Wildman–Crippen LogP) is 2.52. The molecule has 0 saturated carbocycles. The fourth-order valence-corrected chi connectivity index (χ4v) is 1.72. The minimum absolute atomic E-state index is 0.00394. The van der Waals surface area contributed by atoms with Crippen LogP contribution in [-0.4, -0.2) is 25.7 Å². The lowest BCUT2D eigenvalue weighted by Gasteiger charge is -2.21. The number of methoxy groups -OCH3 is 1. The van der Waals surface area contributed by atoms with E-state index in [1.165, 1.54) is 18.2 Å². The molecule has 100 valence electrons. The zero-order valence-corrected chi connectivity index (χ0v) is 11.6. The quantitative estimate of drug-likeness (QED) is 0.808. The molecule has 0 heterocycles. The van der Waals surface area contributed by atoms with E-state index in [-0.39, 0.29) is 17.5 Å². The Hall–Kier alpha value is -1.07. The number of halogens is 1. The summed E-state index contributed by atoms with van der Waals surface area (Å²) < 4.78 is 18.6. The predicted molar refractivity (Wildman–Crippen MR) is 71.6 cm³/mol. The van der Waals surface area contributed by atoms with E-state index in [0.29, 0.717) is 11.5 Å². The molecule has 0 radical (unpaired) electrons. The lowest BCUT2D eigenvalue weighted by molar-refractivity contribution is 0.0862. The van der Waals surface area contributed by atoms with Gasteiger partial charge in [-0.3, -0.25) is 4.79 Å². The van der Waals surface area contributed by atoms with Gasteiger partial charge >= 0.3 is 0 Å². The summed E-state index contributed by atoms with van der Waals surface area (Å²) in [6, 6.07) is 4.01. The highest BCUT2D eigenvalue weighted by Crippen LogP contribution is 2.14. The van der Waals surface area contributed by atoms with E-state index < -0.39 is 11.7 Å². The number of nitrogens with one attached hydrogen (secondary N) is 1. The summed E-state index contributed by atoms with van der Waals surface area (Å²) in [6.45, 7) is 4.33. The Balaban J connectivity index is 2.83. The first-order chi connectivity index (χ1) is 8.45. The van der Waals surface area contributed by atoms with Gasteiger partial charge in [-0.25, -0.2) is 4.39 Å². The number of hydrogen-bond acceptors (Lipinski definition) is 3. The van der Waals surface area contributed by atoms with Crippen LogP contribution in [-0.2, 0) is 4.74 Å². The van der Waals surface area contributed by atoms with Crippen LogP contribution in [0.15, 0.2) is 23.1 Å². The van der Waals surface area contributed by atoms with Gasteiger partial charge in [-0.15, -0.1) is 12.6 Å². The smallest absolute Gasteiger partial charge is 0.254 e. The third kappa shape index (κ3) is 3.99. The van der Waals surface area contributed by atoms with Gasteiger partial charge in [-0.05, 0) is 24.1 Å². The first-order valence-electron chi connectivity index (χ1n) is 5.74. The first kappa shape index (κ1) is 15.0. The molecule has 0 saturated heterocycles. The zero-order chi connectivity index (χ0) is 13.7. The van der Waals surface area contributed by atoms with Crippen molar-refractivity contribution in [3.63, 3.8) is 0 Å². The van der Waals surface area contributed by atoms with Crippen molar-refractivity contribution in [1.29, 1.82) is 0 Å². The molecule has 1 amide bonds. The van der Waals surface area contributed by atoms with E-state index in [0.717, 1.165) is 0 Å². The highest BCUT2D eigenvalue weighted by molar-refractivity contribution is 7.80. The van der Waals surface area contributed by atoms with E-state index in [1.54, 1.807) is 7.11 Å². The number of ether oxygens (including phenoxy) is 1. The highest BCUT2D eigenvalue weighted by atomic mass is 32.1. The van der Waals surface area contributed by atoms with Crippen molar-refractivity contribution >= 4 is 18.5 Å². The molecule has 1 N–H and O–H groups in total. The van der Waals surface area contributed by atoms with Gasteiger partial charge in [0.1, 0.15) is 5.82 Å². The third-order valence-electron chi connectivity index (χ3n) is 2.66. The van der Waals surface area contributed by atoms with Gasteiger partial charge in [0.15, 0.2) is 0 Å². The number of rotatable bonds is 5. The number of benzene rings is 1. The molecule has 1 unspecified atom stereocenters. The minimum Gasteiger partial charge on any atom is -0.383 e. The maximum Gasteiger partial charge on any atom is 0.254 e. The van der Waals surface area contributed by atoms with Crippen molar-refractivity contribution in [2.45, 2.75) is 24.8 Å². The van der Waals surface area contributed by atoms with Crippen LogP contribution in [0.1, 0.15) is 24.2 Å². The summed E-state index contributed by atoms with van der Waals surface area (Å²) in [5.74, 6) is -0.791. The molecule has 0 bridgehead atoms. The van der Waals surface area contributed by atoms with Crippen LogP contribution in [0.2, 0.25) is 0 Å². The second-order valence-electron chi connectivity index (χ2n) is 4.44. The van der Waals surface area contributed by atoms with Crippen LogP contribution in [0.25, 0.3) is 0 Å². The Morgan fingerprint density at radius 1 is 1.50 bits per heavy atom. The lowest BCUT2D eigenvalue weighted by atomic mass is 10.0. The van der Waals surface area contributed by atoms with Crippen molar-refractivity contribution in [2.24, 2.45) is 5.92 Å². The fourth-order valence-electron chi connectivity index (χ4n) is 1.51. The van der Waals surface area contributed by atoms with Gasteiger partial charge in [0, 0.05) is 12.0 Å².